The number of ether oxygens (including phenoxy) is 1. The molecule has 138 valence electrons. The normalized spacial score (nSPS) is 18.0. The minimum atomic E-state index is 0.154. The fourth-order valence-electron chi connectivity index (χ4n) is 3.50. The predicted molar refractivity (Wildman–Crippen MR) is 105 cm³/mol. The van der Waals surface area contributed by atoms with Gasteiger partial charge in [-0.15, -0.1) is 0 Å². The van der Waals surface area contributed by atoms with Crippen LogP contribution in [0.3, 0.4) is 0 Å². The summed E-state index contributed by atoms with van der Waals surface area (Å²) in [5.74, 6) is 1.33. The number of hydrogen-bond donors (Lipinski definition) is 0. The summed E-state index contributed by atoms with van der Waals surface area (Å²) in [6.07, 6.45) is 3.45. The van der Waals surface area contributed by atoms with E-state index < -0.39 is 0 Å². The van der Waals surface area contributed by atoms with Crippen molar-refractivity contribution in [1.29, 1.82) is 0 Å². The van der Waals surface area contributed by atoms with Crippen molar-refractivity contribution in [3.63, 3.8) is 0 Å². The molecule has 3 rings (SSSR count). The van der Waals surface area contributed by atoms with Crippen LogP contribution in [0.5, 0.6) is 5.75 Å². The summed E-state index contributed by atoms with van der Waals surface area (Å²) < 4.78 is 6.16. The van der Waals surface area contributed by atoms with E-state index in [1.165, 1.54) is 5.56 Å². The molecule has 1 aromatic heterocycles. The topological polar surface area (TPSA) is 42.4 Å². The van der Waals surface area contributed by atoms with Gasteiger partial charge in [-0.25, -0.2) is 4.98 Å². The molecule has 1 aliphatic rings. The van der Waals surface area contributed by atoms with Crippen LogP contribution >= 0.6 is 11.6 Å². The van der Waals surface area contributed by atoms with Gasteiger partial charge in [0.2, 0.25) is 0 Å². The molecule has 1 saturated heterocycles. The first kappa shape index (κ1) is 18.7. The molecule has 0 unspecified atom stereocenters. The van der Waals surface area contributed by atoms with Crippen molar-refractivity contribution in [2.75, 3.05) is 18.0 Å². The summed E-state index contributed by atoms with van der Waals surface area (Å²) in [4.78, 5) is 17.7. The Hall–Kier alpha value is -2.07. The van der Waals surface area contributed by atoms with Crippen LogP contribution in [-0.2, 0) is 4.79 Å². The van der Waals surface area contributed by atoms with E-state index in [0.717, 1.165) is 36.5 Å². The van der Waals surface area contributed by atoms with Crippen LogP contribution in [-0.4, -0.2) is 30.0 Å². The molecule has 1 aliphatic heterocycles. The molecule has 2 atom stereocenters. The number of carbonyl (C=O) groups is 1. The molecule has 0 radical (unpaired) electrons. The molecule has 2 aromatic rings. The zero-order valence-electron chi connectivity index (χ0n) is 15.5. The largest absolute Gasteiger partial charge is 0.489 e. The van der Waals surface area contributed by atoms with Gasteiger partial charge in [-0.05, 0) is 43.5 Å². The SMILES string of the molecule is CC(=O)C[C@@H](C)c1ccc(O[C@@H]2CCN(c3ccnc(Cl)c3C)C2)cc1. The Balaban J connectivity index is 1.60. The zero-order valence-corrected chi connectivity index (χ0v) is 16.3. The van der Waals surface area contributed by atoms with Gasteiger partial charge in [0.1, 0.15) is 22.8 Å². The first-order chi connectivity index (χ1) is 12.4. The lowest BCUT2D eigenvalue weighted by molar-refractivity contribution is -0.117. The van der Waals surface area contributed by atoms with Gasteiger partial charge in [-0.3, -0.25) is 0 Å². The molecule has 0 bridgehead atoms. The maximum atomic E-state index is 11.3. The number of halogens is 1. The van der Waals surface area contributed by atoms with Crippen LogP contribution < -0.4 is 9.64 Å². The smallest absolute Gasteiger partial charge is 0.133 e. The zero-order chi connectivity index (χ0) is 18.7. The van der Waals surface area contributed by atoms with Crippen LogP contribution in [0.25, 0.3) is 0 Å². The van der Waals surface area contributed by atoms with Gasteiger partial charge >= 0.3 is 0 Å². The summed E-state index contributed by atoms with van der Waals surface area (Å²) in [5, 5.41) is 0.558. The fourth-order valence-corrected chi connectivity index (χ4v) is 3.66. The van der Waals surface area contributed by atoms with E-state index in [1.807, 2.05) is 25.1 Å². The Bertz CT molecular complexity index is 776. The van der Waals surface area contributed by atoms with E-state index in [4.69, 9.17) is 16.3 Å². The number of rotatable bonds is 6. The Morgan fingerprint density at radius 2 is 2.08 bits per heavy atom. The molecule has 1 fully saturated rings. The highest BCUT2D eigenvalue weighted by Crippen LogP contribution is 2.29. The lowest BCUT2D eigenvalue weighted by Crippen LogP contribution is -2.25. The van der Waals surface area contributed by atoms with Gasteiger partial charge < -0.3 is 14.4 Å². The number of ketones is 1. The maximum absolute atomic E-state index is 11.3. The van der Waals surface area contributed by atoms with Crippen molar-refractivity contribution in [3.8, 4) is 5.75 Å². The average molecular weight is 373 g/mol. The van der Waals surface area contributed by atoms with Gasteiger partial charge in [0, 0.05) is 36.8 Å². The molecule has 0 aliphatic carbocycles. The van der Waals surface area contributed by atoms with Gasteiger partial charge in [0.15, 0.2) is 0 Å². The monoisotopic (exact) mass is 372 g/mol. The average Bonchev–Trinajstić information content (AvgIpc) is 3.05. The first-order valence-electron chi connectivity index (χ1n) is 9.06. The summed E-state index contributed by atoms with van der Waals surface area (Å²) in [5.41, 5.74) is 3.31. The van der Waals surface area contributed by atoms with Crippen molar-refractivity contribution in [1.82, 2.24) is 4.98 Å². The van der Waals surface area contributed by atoms with Crippen molar-refractivity contribution in [2.45, 2.75) is 45.6 Å². The lowest BCUT2D eigenvalue weighted by atomic mass is 9.96. The second kappa shape index (κ2) is 8.09. The lowest BCUT2D eigenvalue weighted by Gasteiger charge is -2.21. The maximum Gasteiger partial charge on any atom is 0.133 e. The second-order valence-electron chi connectivity index (χ2n) is 7.10. The number of hydrogen-bond acceptors (Lipinski definition) is 4. The molecule has 0 amide bonds. The van der Waals surface area contributed by atoms with Gasteiger partial charge in [-0.1, -0.05) is 30.7 Å². The molecule has 1 aromatic carbocycles. The molecule has 0 N–H and O–H groups in total. The minimum Gasteiger partial charge on any atom is -0.489 e. The van der Waals surface area contributed by atoms with E-state index in [-0.39, 0.29) is 17.8 Å². The third-order valence-corrected chi connectivity index (χ3v) is 5.33. The Kier molecular flexibility index (Phi) is 5.82. The molecular weight excluding hydrogens is 348 g/mol. The first-order valence-corrected chi connectivity index (χ1v) is 9.44. The van der Waals surface area contributed by atoms with Gasteiger partial charge in [-0.2, -0.15) is 0 Å². The highest BCUT2D eigenvalue weighted by Gasteiger charge is 2.25. The number of benzene rings is 1. The van der Waals surface area contributed by atoms with Crippen molar-refractivity contribution in [2.24, 2.45) is 0 Å². The Morgan fingerprint density at radius 1 is 1.35 bits per heavy atom. The van der Waals surface area contributed by atoms with Gasteiger partial charge in [0.25, 0.3) is 0 Å². The number of nitrogens with zero attached hydrogens (tertiary/aromatic N) is 2. The minimum absolute atomic E-state index is 0.154. The van der Waals surface area contributed by atoms with Crippen molar-refractivity contribution in [3.05, 3.63) is 52.8 Å². The second-order valence-corrected chi connectivity index (χ2v) is 7.45. The Morgan fingerprint density at radius 3 is 2.77 bits per heavy atom. The van der Waals surface area contributed by atoms with E-state index in [0.29, 0.717) is 11.6 Å². The summed E-state index contributed by atoms with van der Waals surface area (Å²) >= 11 is 6.14. The van der Waals surface area contributed by atoms with E-state index >= 15 is 0 Å². The number of anilines is 1. The van der Waals surface area contributed by atoms with Crippen LogP contribution in [0.2, 0.25) is 5.15 Å². The molecular formula is C21H25ClN2O2. The highest BCUT2D eigenvalue weighted by atomic mass is 35.5. The number of Topliss-reactive ketones (excluding diaryl/α,β-unsaturated/α-hetero) is 1. The molecule has 0 spiro atoms. The number of carbonyl (C=O) groups excluding carboxylic acids is 1. The van der Waals surface area contributed by atoms with E-state index in [1.54, 1.807) is 13.1 Å². The third-order valence-electron chi connectivity index (χ3n) is 4.95. The summed E-state index contributed by atoms with van der Waals surface area (Å²) in [6, 6.07) is 10.1. The highest BCUT2D eigenvalue weighted by molar-refractivity contribution is 6.30. The Labute approximate surface area is 160 Å². The van der Waals surface area contributed by atoms with E-state index in [9.17, 15) is 4.79 Å². The van der Waals surface area contributed by atoms with Crippen LogP contribution in [0.1, 0.15) is 43.7 Å². The quantitative estimate of drug-likeness (QED) is 0.684. The summed E-state index contributed by atoms with van der Waals surface area (Å²) in [6.45, 7) is 7.49. The third kappa shape index (κ3) is 4.36. The molecule has 4 nitrogen and oxygen atoms in total. The van der Waals surface area contributed by atoms with Crippen LogP contribution in [0, 0.1) is 6.92 Å². The van der Waals surface area contributed by atoms with Gasteiger partial charge in [0.05, 0.1) is 6.54 Å². The van der Waals surface area contributed by atoms with Crippen LogP contribution in [0.15, 0.2) is 36.5 Å². The number of aromatic nitrogens is 1. The standard InChI is InChI=1S/C21H25ClN2O2/c1-14(12-15(2)25)17-4-6-18(7-5-17)26-19-9-11-24(13-19)20-8-10-23-21(22)16(20)3/h4-8,10,14,19H,9,11-13H2,1-3H3/t14-,19-/m1/s1. The van der Waals surface area contributed by atoms with Crippen molar-refractivity contribution < 1.29 is 9.53 Å². The molecule has 2 heterocycles. The molecule has 5 heteroatoms. The fraction of sp³-hybridized carbons (Fsp3) is 0.429. The molecule has 26 heavy (non-hydrogen) atoms. The van der Waals surface area contributed by atoms with Crippen LogP contribution in [0.4, 0.5) is 5.69 Å². The number of pyridine rings is 1. The predicted octanol–water partition coefficient (Wildman–Crippen LogP) is 4.78. The van der Waals surface area contributed by atoms with E-state index in [2.05, 4.69) is 28.9 Å². The summed E-state index contributed by atoms with van der Waals surface area (Å²) in [7, 11) is 0. The van der Waals surface area contributed by atoms with Crippen molar-refractivity contribution >= 4 is 23.1 Å². The molecule has 0 saturated carbocycles.